The molecule has 0 fully saturated rings. The number of hydrogen-bond acceptors (Lipinski definition) is 5. The van der Waals surface area contributed by atoms with Crippen LogP contribution in [0.3, 0.4) is 0 Å². The zero-order chi connectivity index (χ0) is 19.4. The van der Waals surface area contributed by atoms with Crippen molar-refractivity contribution in [2.24, 2.45) is 0 Å². The molecule has 3 rings (SSSR count). The van der Waals surface area contributed by atoms with Crippen molar-refractivity contribution in [2.45, 2.75) is 38.3 Å². The number of para-hydroxylation sites is 1. The Bertz CT molecular complexity index is 944. The molecule has 0 bridgehead atoms. The minimum absolute atomic E-state index is 0.0497. The molecular weight excluding hydrogens is 358 g/mol. The quantitative estimate of drug-likeness (QED) is 0.625. The van der Waals surface area contributed by atoms with Gasteiger partial charge in [-0.15, -0.1) is 10.2 Å². The summed E-state index contributed by atoms with van der Waals surface area (Å²) in [4.78, 5) is 12.4. The monoisotopic (exact) mass is 381 g/mol. The van der Waals surface area contributed by atoms with Gasteiger partial charge >= 0.3 is 0 Å². The van der Waals surface area contributed by atoms with Gasteiger partial charge in [-0.2, -0.15) is 0 Å². The van der Waals surface area contributed by atoms with Gasteiger partial charge in [0.15, 0.2) is 0 Å². The highest BCUT2D eigenvalue weighted by Gasteiger charge is 2.19. The van der Waals surface area contributed by atoms with E-state index >= 15 is 0 Å². The van der Waals surface area contributed by atoms with Crippen molar-refractivity contribution >= 4 is 23.4 Å². The first-order valence-corrected chi connectivity index (χ1v) is 9.75. The third-order valence-corrected chi connectivity index (χ3v) is 4.94. The molecule has 0 aliphatic carbocycles. The summed E-state index contributed by atoms with van der Waals surface area (Å²) in [5, 5.41) is 11.5. The molecule has 5 nitrogen and oxygen atoms in total. The maximum Gasteiger partial charge on any atom is 0.277 e. The molecule has 0 atom stereocenters. The van der Waals surface area contributed by atoms with E-state index in [-0.39, 0.29) is 17.1 Å². The normalized spacial score (nSPS) is 11.4. The summed E-state index contributed by atoms with van der Waals surface area (Å²) in [5.41, 5.74) is 3.85. The molecule has 27 heavy (non-hydrogen) atoms. The predicted octanol–water partition coefficient (Wildman–Crippen LogP) is 5.07. The van der Waals surface area contributed by atoms with Gasteiger partial charge in [-0.3, -0.25) is 4.79 Å². The molecule has 1 heterocycles. The summed E-state index contributed by atoms with van der Waals surface area (Å²) in [6.45, 7) is 8.36. The average molecular weight is 382 g/mol. The molecule has 0 spiro atoms. The Morgan fingerprint density at radius 1 is 1.07 bits per heavy atom. The molecule has 6 heteroatoms. The highest BCUT2D eigenvalue weighted by atomic mass is 32.2. The Balaban J connectivity index is 1.64. The van der Waals surface area contributed by atoms with Crippen LogP contribution in [-0.4, -0.2) is 21.9 Å². The van der Waals surface area contributed by atoms with Crippen LogP contribution in [0.15, 0.2) is 58.2 Å². The molecule has 2 aromatic carbocycles. The van der Waals surface area contributed by atoms with E-state index in [0.29, 0.717) is 11.1 Å². The van der Waals surface area contributed by atoms with Crippen molar-refractivity contribution in [3.63, 3.8) is 0 Å². The minimum Gasteiger partial charge on any atom is -0.411 e. The van der Waals surface area contributed by atoms with E-state index in [1.54, 1.807) is 0 Å². The second-order valence-electron chi connectivity index (χ2n) is 7.32. The van der Waals surface area contributed by atoms with Crippen molar-refractivity contribution in [2.75, 3.05) is 11.1 Å². The molecule has 0 aliphatic heterocycles. The van der Waals surface area contributed by atoms with Gasteiger partial charge in [0, 0.05) is 11.3 Å². The number of thioether (sulfide) groups is 1. The lowest BCUT2D eigenvalue weighted by Gasteiger charge is -2.22. The lowest BCUT2D eigenvalue weighted by Crippen LogP contribution is -2.19. The molecule has 0 aliphatic rings. The van der Waals surface area contributed by atoms with Gasteiger partial charge in [-0.25, -0.2) is 0 Å². The van der Waals surface area contributed by atoms with Crippen molar-refractivity contribution in [1.82, 2.24) is 10.2 Å². The Morgan fingerprint density at radius 2 is 1.78 bits per heavy atom. The number of nitrogens with one attached hydrogen (secondary N) is 1. The summed E-state index contributed by atoms with van der Waals surface area (Å²) >= 11 is 1.23. The summed E-state index contributed by atoms with van der Waals surface area (Å²) in [7, 11) is 0. The van der Waals surface area contributed by atoms with Crippen LogP contribution < -0.4 is 5.32 Å². The van der Waals surface area contributed by atoms with Crippen LogP contribution in [-0.2, 0) is 10.2 Å². The third kappa shape index (κ3) is 4.77. The SMILES string of the molecule is Cc1ccccc1-c1nnc(SCC(=O)Nc2ccccc2C(C)(C)C)o1. The topological polar surface area (TPSA) is 68.0 Å². The standard InChI is InChI=1S/C21H23N3O2S/c1-14-9-5-6-10-15(14)19-23-24-20(26-19)27-13-18(25)22-17-12-8-7-11-16(17)21(2,3)4/h5-12H,13H2,1-4H3,(H,22,25). The molecule has 1 N–H and O–H groups in total. The number of aryl methyl sites for hydroxylation is 1. The van der Waals surface area contributed by atoms with Crippen LogP contribution in [0.4, 0.5) is 5.69 Å². The smallest absolute Gasteiger partial charge is 0.277 e. The highest BCUT2D eigenvalue weighted by Crippen LogP contribution is 2.30. The first-order chi connectivity index (χ1) is 12.8. The minimum atomic E-state index is -0.104. The fraction of sp³-hybridized carbons (Fsp3) is 0.286. The number of hydrogen-bond donors (Lipinski definition) is 1. The fourth-order valence-electron chi connectivity index (χ4n) is 2.75. The van der Waals surface area contributed by atoms with Gasteiger partial charge < -0.3 is 9.73 Å². The summed E-state index contributed by atoms with van der Waals surface area (Å²) < 4.78 is 5.69. The molecule has 1 aromatic heterocycles. The maximum atomic E-state index is 12.4. The Kier molecular flexibility index (Phi) is 5.65. The number of nitrogens with zero attached hydrogens (tertiary/aromatic N) is 2. The second-order valence-corrected chi connectivity index (χ2v) is 8.25. The molecule has 140 valence electrons. The molecule has 0 unspecified atom stereocenters. The van der Waals surface area contributed by atoms with E-state index < -0.39 is 0 Å². The van der Waals surface area contributed by atoms with Crippen LogP contribution in [0.1, 0.15) is 31.9 Å². The van der Waals surface area contributed by atoms with Gasteiger partial charge in [0.2, 0.25) is 11.8 Å². The van der Waals surface area contributed by atoms with Crippen molar-refractivity contribution < 1.29 is 9.21 Å². The van der Waals surface area contributed by atoms with Gasteiger partial charge in [-0.1, -0.05) is 68.9 Å². The van der Waals surface area contributed by atoms with E-state index in [0.717, 1.165) is 22.4 Å². The van der Waals surface area contributed by atoms with Gasteiger partial charge in [0.1, 0.15) is 0 Å². The number of anilines is 1. The molecule has 1 amide bonds. The van der Waals surface area contributed by atoms with Crippen LogP contribution in [0.25, 0.3) is 11.5 Å². The lowest BCUT2D eigenvalue weighted by molar-refractivity contribution is -0.113. The zero-order valence-corrected chi connectivity index (χ0v) is 16.8. The van der Waals surface area contributed by atoms with Crippen LogP contribution in [0.2, 0.25) is 0 Å². The number of benzene rings is 2. The van der Waals surface area contributed by atoms with E-state index in [2.05, 4.69) is 36.3 Å². The summed E-state index contributed by atoms with van der Waals surface area (Å²) in [6.07, 6.45) is 0. The Morgan fingerprint density at radius 3 is 2.52 bits per heavy atom. The molecule has 0 saturated carbocycles. The Hall–Kier alpha value is -2.60. The van der Waals surface area contributed by atoms with Crippen LogP contribution in [0.5, 0.6) is 0 Å². The molecule has 3 aromatic rings. The lowest BCUT2D eigenvalue weighted by atomic mass is 9.86. The summed E-state index contributed by atoms with van der Waals surface area (Å²) in [6, 6.07) is 15.7. The largest absolute Gasteiger partial charge is 0.411 e. The maximum absolute atomic E-state index is 12.4. The van der Waals surface area contributed by atoms with E-state index in [4.69, 9.17) is 4.42 Å². The van der Waals surface area contributed by atoms with Crippen molar-refractivity contribution in [3.05, 3.63) is 59.7 Å². The predicted molar refractivity (Wildman–Crippen MR) is 109 cm³/mol. The third-order valence-electron chi connectivity index (χ3n) is 4.12. The van der Waals surface area contributed by atoms with Crippen LogP contribution in [0, 0.1) is 6.92 Å². The number of amides is 1. The first-order valence-electron chi connectivity index (χ1n) is 8.76. The average Bonchev–Trinajstić information content (AvgIpc) is 3.09. The second kappa shape index (κ2) is 7.96. The van der Waals surface area contributed by atoms with E-state index in [1.165, 1.54) is 11.8 Å². The number of carbonyl (C=O) groups excluding carboxylic acids is 1. The number of carbonyl (C=O) groups is 1. The number of rotatable bonds is 5. The highest BCUT2D eigenvalue weighted by molar-refractivity contribution is 7.99. The van der Waals surface area contributed by atoms with Gasteiger partial charge in [0.05, 0.1) is 5.75 Å². The van der Waals surface area contributed by atoms with E-state index in [1.807, 2.05) is 55.5 Å². The van der Waals surface area contributed by atoms with Crippen molar-refractivity contribution in [3.8, 4) is 11.5 Å². The zero-order valence-electron chi connectivity index (χ0n) is 15.9. The van der Waals surface area contributed by atoms with E-state index in [9.17, 15) is 4.79 Å². The first kappa shape index (κ1) is 19.2. The van der Waals surface area contributed by atoms with Gasteiger partial charge in [0.25, 0.3) is 5.22 Å². The Labute approximate surface area is 163 Å². The molecular formula is C21H23N3O2S. The molecule has 0 saturated heterocycles. The van der Waals surface area contributed by atoms with Crippen LogP contribution >= 0.6 is 11.8 Å². The van der Waals surface area contributed by atoms with Crippen molar-refractivity contribution in [1.29, 1.82) is 0 Å². The summed E-state index contributed by atoms with van der Waals surface area (Å²) in [5.74, 6) is 0.565. The molecule has 0 radical (unpaired) electrons. The fourth-order valence-corrected chi connectivity index (χ4v) is 3.31. The number of aromatic nitrogens is 2. The van der Waals surface area contributed by atoms with Gasteiger partial charge in [-0.05, 0) is 35.6 Å².